The summed E-state index contributed by atoms with van der Waals surface area (Å²) in [5.41, 5.74) is 0.284. The molecule has 2 aliphatic rings. The maximum Gasteiger partial charge on any atom is 0.419 e. The molecular weight excluding hydrogens is 467 g/mol. The van der Waals surface area contributed by atoms with Gasteiger partial charge >= 0.3 is 6.18 Å². The largest absolute Gasteiger partial charge is 0.419 e. The number of piperidine rings is 1. The van der Waals surface area contributed by atoms with E-state index >= 15 is 0 Å². The number of ether oxygens (including phenoxy) is 1. The van der Waals surface area contributed by atoms with Crippen LogP contribution in [0.3, 0.4) is 0 Å². The van der Waals surface area contributed by atoms with Crippen LogP contribution in [-0.2, 0) is 15.7 Å². The van der Waals surface area contributed by atoms with Crippen molar-refractivity contribution in [1.82, 2.24) is 25.1 Å². The number of carbonyl (C=O) groups excluding carboxylic acids is 1. The molecule has 0 unspecified atom stereocenters. The van der Waals surface area contributed by atoms with Gasteiger partial charge in [0, 0.05) is 50.7 Å². The van der Waals surface area contributed by atoms with Gasteiger partial charge in [0.2, 0.25) is 11.9 Å². The molecule has 10 nitrogen and oxygen atoms in total. The Morgan fingerprint density at radius 2 is 1.86 bits per heavy atom. The van der Waals surface area contributed by atoms with Crippen molar-refractivity contribution in [2.75, 3.05) is 49.7 Å². The zero-order valence-electron chi connectivity index (χ0n) is 19.6. The topological polar surface area (TPSA) is 108 Å². The molecule has 1 N–H and O–H groups in total. The molecule has 0 saturated carbocycles. The molecule has 4 heterocycles. The number of amides is 1. The number of hydrogen-bond donors (Lipinski definition) is 1. The van der Waals surface area contributed by atoms with Gasteiger partial charge in [-0.2, -0.15) is 18.3 Å². The summed E-state index contributed by atoms with van der Waals surface area (Å²) in [5, 5.41) is 6.28. The monoisotopic (exact) mass is 495 g/mol. The van der Waals surface area contributed by atoms with Crippen LogP contribution in [0.25, 0.3) is 0 Å². The first-order chi connectivity index (χ1) is 16.6. The molecule has 2 aromatic rings. The Bertz CT molecular complexity index is 1080. The van der Waals surface area contributed by atoms with Gasteiger partial charge in [0.05, 0.1) is 30.1 Å². The van der Waals surface area contributed by atoms with Crippen molar-refractivity contribution >= 4 is 17.5 Å². The van der Waals surface area contributed by atoms with Gasteiger partial charge in [-0.25, -0.2) is 15.1 Å². The smallest absolute Gasteiger partial charge is 0.369 e. The first-order valence-corrected chi connectivity index (χ1v) is 11.4. The normalized spacial score (nSPS) is 18.9. The minimum absolute atomic E-state index is 0.00164. The van der Waals surface area contributed by atoms with E-state index in [0.717, 1.165) is 31.0 Å². The maximum absolute atomic E-state index is 12.7. The summed E-state index contributed by atoms with van der Waals surface area (Å²) in [4.78, 5) is 37.7. The Hall–Kier alpha value is -3.22. The van der Waals surface area contributed by atoms with Crippen molar-refractivity contribution in [2.45, 2.75) is 44.4 Å². The highest BCUT2D eigenvalue weighted by molar-refractivity contribution is 5.77. The van der Waals surface area contributed by atoms with E-state index in [0.29, 0.717) is 38.1 Å². The van der Waals surface area contributed by atoms with Crippen LogP contribution in [0.2, 0.25) is 0 Å². The number of carbonyl (C=O) groups is 1. The van der Waals surface area contributed by atoms with Gasteiger partial charge in [-0.05, 0) is 26.2 Å². The summed E-state index contributed by atoms with van der Waals surface area (Å²) < 4.78 is 43.8. The van der Waals surface area contributed by atoms with E-state index in [1.54, 1.807) is 25.1 Å². The highest BCUT2D eigenvalue weighted by atomic mass is 19.4. The number of alkyl halides is 3. The lowest BCUT2D eigenvalue weighted by atomic mass is 10.0. The summed E-state index contributed by atoms with van der Waals surface area (Å²) in [5.74, 6) is 0.124. The second-order valence-electron chi connectivity index (χ2n) is 8.85. The number of H-pyrrole nitrogens is 1. The van der Waals surface area contributed by atoms with Gasteiger partial charge in [-0.3, -0.25) is 9.59 Å². The average molecular weight is 496 g/mol. The molecule has 2 aliphatic heterocycles. The summed E-state index contributed by atoms with van der Waals surface area (Å²) in [6, 6.07) is 0.0872. The predicted molar refractivity (Wildman–Crippen MR) is 121 cm³/mol. The third-order valence-electron chi connectivity index (χ3n) is 6.72. The fraction of sp³-hybridized carbons (Fsp3) is 0.591. The number of nitrogens with zero attached hydrogens (tertiary/aromatic N) is 6. The van der Waals surface area contributed by atoms with Crippen LogP contribution in [0, 0.1) is 6.92 Å². The lowest BCUT2D eigenvalue weighted by molar-refractivity contribution is -0.138. The minimum atomic E-state index is -4.47. The molecule has 13 heteroatoms. The highest BCUT2D eigenvalue weighted by Gasteiger charge is 2.33. The lowest BCUT2D eigenvalue weighted by Crippen LogP contribution is -2.52. The van der Waals surface area contributed by atoms with Crippen LogP contribution < -0.4 is 15.4 Å². The highest BCUT2D eigenvalue weighted by Crippen LogP contribution is 2.29. The third kappa shape index (κ3) is 5.55. The number of halogens is 3. The third-order valence-corrected chi connectivity index (χ3v) is 6.72. The first-order valence-electron chi connectivity index (χ1n) is 11.4. The molecule has 2 saturated heterocycles. The Morgan fingerprint density at radius 1 is 1.17 bits per heavy atom. The second kappa shape index (κ2) is 10.2. The van der Waals surface area contributed by atoms with Crippen LogP contribution in [0.4, 0.5) is 24.8 Å². The maximum atomic E-state index is 12.7. The van der Waals surface area contributed by atoms with Crippen molar-refractivity contribution in [2.24, 2.45) is 0 Å². The molecule has 2 fully saturated rings. The van der Waals surface area contributed by atoms with Gasteiger partial charge in [-0.15, -0.1) is 0 Å². The number of aromatic amines is 1. The summed E-state index contributed by atoms with van der Waals surface area (Å²) in [6.07, 6.45) is 0.946. The zero-order valence-corrected chi connectivity index (χ0v) is 19.6. The molecule has 2 aromatic heterocycles. The van der Waals surface area contributed by atoms with E-state index in [4.69, 9.17) is 4.74 Å². The van der Waals surface area contributed by atoms with E-state index in [2.05, 4.69) is 25.1 Å². The Balaban J connectivity index is 1.21. The van der Waals surface area contributed by atoms with E-state index in [1.165, 1.54) is 0 Å². The van der Waals surface area contributed by atoms with Crippen molar-refractivity contribution in [3.05, 3.63) is 40.1 Å². The first kappa shape index (κ1) is 24.9. The summed E-state index contributed by atoms with van der Waals surface area (Å²) in [7, 11) is 1.74. The molecule has 35 heavy (non-hydrogen) atoms. The minimum Gasteiger partial charge on any atom is -0.369 e. The molecule has 1 amide bonds. The molecule has 0 bridgehead atoms. The van der Waals surface area contributed by atoms with Gasteiger partial charge < -0.3 is 19.4 Å². The molecule has 1 atom stereocenters. The Labute approximate surface area is 200 Å². The molecule has 190 valence electrons. The number of likely N-dealkylation sites (N-methyl/N-ethyl adjacent to an activating group) is 1. The SMILES string of the molecule is Cc1c(N2CC[C@H]2COCC(=O)N(C)C2CCN(c3ncc(C(F)(F)F)cn3)CC2)cn[nH]c1=O. The quantitative estimate of drug-likeness (QED) is 0.618. The number of aromatic nitrogens is 4. The second-order valence-corrected chi connectivity index (χ2v) is 8.85. The van der Waals surface area contributed by atoms with E-state index in [1.807, 2.05) is 4.90 Å². The van der Waals surface area contributed by atoms with Crippen molar-refractivity contribution in [3.63, 3.8) is 0 Å². The van der Waals surface area contributed by atoms with E-state index in [9.17, 15) is 22.8 Å². The average Bonchev–Trinajstić information content (AvgIpc) is 2.83. The molecule has 0 spiro atoms. The van der Waals surface area contributed by atoms with Gasteiger partial charge in [0.25, 0.3) is 5.56 Å². The fourth-order valence-electron chi connectivity index (χ4n) is 4.34. The van der Waals surface area contributed by atoms with Crippen molar-refractivity contribution in [1.29, 1.82) is 0 Å². The number of hydrogen-bond acceptors (Lipinski definition) is 8. The summed E-state index contributed by atoms with van der Waals surface area (Å²) in [6.45, 7) is 3.95. The van der Waals surface area contributed by atoms with Gasteiger partial charge in [-0.1, -0.05) is 0 Å². The van der Waals surface area contributed by atoms with Crippen LogP contribution in [-0.4, -0.2) is 83.0 Å². The van der Waals surface area contributed by atoms with Crippen LogP contribution >= 0.6 is 0 Å². The molecular formula is C22H28F3N7O3. The lowest BCUT2D eigenvalue weighted by Gasteiger charge is -2.43. The molecule has 4 rings (SSSR count). The standard InChI is InChI=1S/C22H28F3N7O3/c1-14-18(11-28-29-20(14)34)32-8-5-17(32)12-35-13-19(33)30(2)16-3-6-31(7-4-16)21-26-9-15(10-27-21)22(23,24)25/h9-11,16-17H,3-8,12-13H2,1-2H3,(H,29,34)/t17-/m0/s1. The number of nitrogens with one attached hydrogen (secondary N) is 1. The van der Waals surface area contributed by atoms with E-state index in [-0.39, 0.29) is 36.1 Å². The Kier molecular flexibility index (Phi) is 7.24. The van der Waals surface area contributed by atoms with Gasteiger partial charge in [0.1, 0.15) is 6.61 Å². The van der Waals surface area contributed by atoms with E-state index < -0.39 is 11.7 Å². The number of anilines is 2. The van der Waals surface area contributed by atoms with Crippen LogP contribution in [0.1, 0.15) is 30.4 Å². The Morgan fingerprint density at radius 3 is 2.46 bits per heavy atom. The molecule has 0 aliphatic carbocycles. The van der Waals surface area contributed by atoms with Crippen molar-refractivity contribution < 1.29 is 22.7 Å². The zero-order chi connectivity index (χ0) is 25.2. The van der Waals surface area contributed by atoms with Crippen LogP contribution in [0.15, 0.2) is 23.4 Å². The predicted octanol–water partition coefficient (Wildman–Crippen LogP) is 1.61. The van der Waals surface area contributed by atoms with Crippen molar-refractivity contribution in [3.8, 4) is 0 Å². The molecule has 0 radical (unpaired) electrons. The molecule has 0 aromatic carbocycles. The summed E-state index contributed by atoms with van der Waals surface area (Å²) >= 11 is 0. The number of rotatable bonds is 7. The van der Waals surface area contributed by atoms with Crippen LogP contribution in [0.5, 0.6) is 0 Å². The van der Waals surface area contributed by atoms with Gasteiger partial charge in [0.15, 0.2) is 0 Å². The fourth-order valence-corrected chi connectivity index (χ4v) is 4.34.